The molecule has 6 heteroatoms. The second kappa shape index (κ2) is 10.6. The van der Waals surface area contributed by atoms with Crippen LogP contribution in [0.25, 0.3) is 0 Å². The maximum atomic E-state index is 12.1. The third-order valence-corrected chi connectivity index (χ3v) is 5.27. The number of rotatable bonds is 8. The van der Waals surface area contributed by atoms with Gasteiger partial charge in [0.05, 0.1) is 14.2 Å². The van der Waals surface area contributed by atoms with Crippen LogP contribution in [0.5, 0.6) is 11.5 Å². The van der Waals surface area contributed by atoms with Gasteiger partial charge in [-0.2, -0.15) is 0 Å². The third-order valence-electron chi connectivity index (χ3n) is 5.27. The summed E-state index contributed by atoms with van der Waals surface area (Å²) in [6.07, 6.45) is 6.71. The molecule has 0 unspecified atom stereocenters. The van der Waals surface area contributed by atoms with Crippen molar-refractivity contribution in [1.29, 1.82) is 0 Å². The highest BCUT2D eigenvalue weighted by Crippen LogP contribution is 2.27. The average Bonchev–Trinajstić information content (AvgIpc) is 2.75. The Kier molecular flexibility index (Phi) is 7.61. The van der Waals surface area contributed by atoms with E-state index >= 15 is 0 Å². The molecular formula is C23H31N3O3. The molecule has 0 radical (unpaired) electrons. The molecule has 2 aromatic rings. The van der Waals surface area contributed by atoms with E-state index in [1.165, 1.54) is 24.8 Å². The molecule has 0 saturated heterocycles. The predicted octanol–water partition coefficient (Wildman–Crippen LogP) is 4.81. The van der Waals surface area contributed by atoms with Crippen molar-refractivity contribution in [3.8, 4) is 11.5 Å². The van der Waals surface area contributed by atoms with Crippen molar-refractivity contribution in [2.24, 2.45) is 0 Å². The first kappa shape index (κ1) is 20.8. The Hall–Kier alpha value is -2.89. The van der Waals surface area contributed by atoms with Gasteiger partial charge < -0.3 is 25.4 Å². The van der Waals surface area contributed by atoms with Gasteiger partial charge >= 0.3 is 6.03 Å². The standard InChI is InChI=1S/C23H31N3O3/c1-28-21-13-8-17(16-22(21)29-2)14-15-24-18-9-11-20(12-10-18)26-23(27)25-19-6-4-3-5-7-19/h8-13,16,19,24H,3-7,14-15H2,1-2H3,(H2,25,26,27). The van der Waals surface area contributed by atoms with Crippen LogP contribution in [0.2, 0.25) is 0 Å². The van der Waals surface area contributed by atoms with E-state index in [-0.39, 0.29) is 6.03 Å². The van der Waals surface area contributed by atoms with Crippen molar-refractivity contribution in [2.45, 2.75) is 44.6 Å². The largest absolute Gasteiger partial charge is 0.493 e. The molecule has 29 heavy (non-hydrogen) atoms. The van der Waals surface area contributed by atoms with Crippen molar-refractivity contribution >= 4 is 17.4 Å². The lowest BCUT2D eigenvalue weighted by Crippen LogP contribution is -2.38. The van der Waals surface area contributed by atoms with Crippen molar-refractivity contribution < 1.29 is 14.3 Å². The molecule has 0 aliphatic heterocycles. The molecule has 1 aliphatic carbocycles. The molecule has 156 valence electrons. The first-order chi connectivity index (χ1) is 14.2. The second-order valence-electron chi connectivity index (χ2n) is 7.38. The van der Waals surface area contributed by atoms with Gasteiger partial charge in [-0.1, -0.05) is 25.3 Å². The van der Waals surface area contributed by atoms with Gasteiger partial charge in [-0.15, -0.1) is 0 Å². The van der Waals surface area contributed by atoms with Crippen molar-refractivity contribution in [1.82, 2.24) is 5.32 Å². The smallest absolute Gasteiger partial charge is 0.319 e. The van der Waals surface area contributed by atoms with Crippen molar-refractivity contribution in [3.63, 3.8) is 0 Å². The molecule has 3 rings (SSSR count). The molecule has 3 N–H and O–H groups in total. The number of urea groups is 1. The van der Waals surface area contributed by atoms with Crippen LogP contribution in [0.15, 0.2) is 42.5 Å². The Labute approximate surface area is 173 Å². The maximum absolute atomic E-state index is 12.1. The normalized spacial score (nSPS) is 14.1. The van der Waals surface area contributed by atoms with Crippen LogP contribution in [0.1, 0.15) is 37.7 Å². The van der Waals surface area contributed by atoms with E-state index < -0.39 is 0 Å². The summed E-state index contributed by atoms with van der Waals surface area (Å²) < 4.78 is 10.6. The van der Waals surface area contributed by atoms with Crippen LogP contribution in [0.4, 0.5) is 16.2 Å². The number of methoxy groups -OCH3 is 2. The molecule has 2 amide bonds. The number of benzene rings is 2. The highest BCUT2D eigenvalue weighted by atomic mass is 16.5. The van der Waals surface area contributed by atoms with Gasteiger partial charge in [0.2, 0.25) is 0 Å². The number of hydrogen-bond donors (Lipinski definition) is 3. The molecule has 0 atom stereocenters. The van der Waals surface area contributed by atoms with Crippen LogP contribution in [-0.2, 0) is 6.42 Å². The molecule has 0 bridgehead atoms. The van der Waals surface area contributed by atoms with E-state index in [0.717, 1.165) is 48.7 Å². The molecule has 0 spiro atoms. The van der Waals surface area contributed by atoms with Gasteiger partial charge in [-0.3, -0.25) is 0 Å². The number of carbonyl (C=O) groups excluding carboxylic acids is 1. The molecular weight excluding hydrogens is 366 g/mol. The zero-order chi connectivity index (χ0) is 20.5. The summed E-state index contributed by atoms with van der Waals surface area (Å²) >= 11 is 0. The van der Waals surface area contributed by atoms with E-state index in [4.69, 9.17) is 9.47 Å². The monoisotopic (exact) mass is 397 g/mol. The molecule has 6 nitrogen and oxygen atoms in total. The summed E-state index contributed by atoms with van der Waals surface area (Å²) in [4.78, 5) is 12.1. The van der Waals surface area contributed by atoms with Crippen LogP contribution >= 0.6 is 0 Å². The lowest BCUT2D eigenvalue weighted by atomic mass is 9.96. The van der Waals surface area contributed by atoms with Crippen LogP contribution in [-0.4, -0.2) is 32.8 Å². The zero-order valence-corrected chi connectivity index (χ0v) is 17.3. The maximum Gasteiger partial charge on any atom is 0.319 e. The molecule has 0 aromatic heterocycles. The fourth-order valence-corrected chi connectivity index (χ4v) is 3.66. The summed E-state index contributed by atoms with van der Waals surface area (Å²) in [5.41, 5.74) is 2.99. The number of ether oxygens (including phenoxy) is 2. The fourth-order valence-electron chi connectivity index (χ4n) is 3.66. The van der Waals surface area contributed by atoms with Gasteiger partial charge in [0.1, 0.15) is 0 Å². The minimum atomic E-state index is -0.119. The van der Waals surface area contributed by atoms with E-state index in [9.17, 15) is 4.79 Å². The molecule has 1 saturated carbocycles. The van der Waals surface area contributed by atoms with Gasteiger partial charge in [-0.05, 0) is 61.2 Å². The highest BCUT2D eigenvalue weighted by Gasteiger charge is 2.15. The fraction of sp³-hybridized carbons (Fsp3) is 0.435. The van der Waals surface area contributed by atoms with Crippen LogP contribution in [0.3, 0.4) is 0 Å². The number of carbonyl (C=O) groups is 1. The third kappa shape index (κ3) is 6.31. The number of nitrogens with one attached hydrogen (secondary N) is 3. The topological polar surface area (TPSA) is 71.6 Å². The van der Waals surface area contributed by atoms with Gasteiger partial charge in [0, 0.05) is 24.0 Å². The van der Waals surface area contributed by atoms with Crippen LogP contribution in [0, 0.1) is 0 Å². The minimum absolute atomic E-state index is 0.119. The Morgan fingerprint density at radius 3 is 2.31 bits per heavy atom. The summed E-state index contributed by atoms with van der Waals surface area (Å²) in [6, 6.07) is 13.9. The summed E-state index contributed by atoms with van der Waals surface area (Å²) in [6.45, 7) is 0.796. The van der Waals surface area contributed by atoms with E-state index in [0.29, 0.717) is 6.04 Å². The summed E-state index contributed by atoms with van der Waals surface area (Å²) in [5.74, 6) is 1.48. The first-order valence-electron chi connectivity index (χ1n) is 10.3. The Bertz CT molecular complexity index is 786. The van der Waals surface area contributed by atoms with Crippen molar-refractivity contribution in [2.75, 3.05) is 31.4 Å². The summed E-state index contributed by atoms with van der Waals surface area (Å²) in [5, 5.41) is 9.39. The van der Waals surface area contributed by atoms with Crippen molar-refractivity contribution in [3.05, 3.63) is 48.0 Å². The average molecular weight is 398 g/mol. The first-order valence-corrected chi connectivity index (χ1v) is 10.3. The molecule has 0 heterocycles. The quantitative estimate of drug-likeness (QED) is 0.598. The number of hydrogen-bond acceptors (Lipinski definition) is 4. The molecule has 2 aromatic carbocycles. The molecule has 1 fully saturated rings. The molecule has 1 aliphatic rings. The second-order valence-corrected chi connectivity index (χ2v) is 7.38. The SMILES string of the molecule is COc1ccc(CCNc2ccc(NC(=O)NC3CCCCC3)cc2)cc1OC. The van der Waals surface area contributed by atoms with Gasteiger partial charge in [0.15, 0.2) is 11.5 Å². The Morgan fingerprint density at radius 2 is 1.62 bits per heavy atom. The van der Waals surface area contributed by atoms with E-state index in [2.05, 4.69) is 16.0 Å². The van der Waals surface area contributed by atoms with Gasteiger partial charge in [0.25, 0.3) is 0 Å². The number of amides is 2. The lowest BCUT2D eigenvalue weighted by molar-refractivity contribution is 0.244. The van der Waals surface area contributed by atoms with Gasteiger partial charge in [-0.25, -0.2) is 4.79 Å². The van der Waals surface area contributed by atoms with E-state index in [1.54, 1.807) is 14.2 Å². The Morgan fingerprint density at radius 1 is 0.931 bits per heavy atom. The lowest BCUT2D eigenvalue weighted by Gasteiger charge is -2.22. The number of anilines is 2. The highest BCUT2D eigenvalue weighted by molar-refractivity contribution is 5.89. The predicted molar refractivity (Wildman–Crippen MR) is 117 cm³/mol. The van der Waals surface area contributed by atoms with E-state index in [1.807, 2.05) is 42.5 Å². The zero-order valence-electron chi connectivity index (χ0n) is 17.3. The Balaban J connectivity index is 1.43. The summed E-state index contributed by atoms with van der Waals surface area (Å²) in [7, 11) is 3.28. The van der Waals surface area contributed by atoms with Crippen LogP contribution < -0.4 is 25.4 Å². The minimum Gasteiger partial charge on any atom is -0.493 e.